The zero-order valence-corrected chi connectivity index (χ0v) is 21.6. The van der Waals surface area contributed by atoms with Crippen LogP contribution in [0.25, 0.3) is 0 Å². The zero-order chi connectivity index (χ0) is 25.7. The van der Waals surface area contributed by atoms with Gasteiger partial charge in [-0.1, -0.05) is 43.4 Å². The molecule has 0 saturated heterocycles. The van der Waals surface area contributed by atoms with Gasteiger partial charge < -0.3 is 15.6 Å². The first kappa shape index (κ1) is 25.0. The summed E-state index contributed by atoms with van der Waals surface area (Å²) in [6, 6.07) is 8.16. The highest BCUT2D eigenvalue weighted by Crippen LogP contribution is 2.70. The molecule has 1 unspecified atom stereocenters. The number of rotatable bonds is 4. The molecular weight excluding hydrogens is 450 g/mol. The predicted octanol–water partition coefficient (Wildman–Crippen LogP) is 4.61. The van der Waals surface area contributed by atoms with Crippen LogP contribution in [0.5, 0.6) is 0 Å². The van der Waals surface area contributed by atoms with E-state index in [1.807, 2.05) is 18.2 Å². The molecule has 5 rings (SSSR count). The van der Waals surface area contributed by atoms with E-state index in [0.717, 1.165) is 31.4 Å². The van der Waals surface area contributed by atoms with Crippen LogP contribution in [0.3, 0.4) is 0 Å². The van der Waals surface area contributed by atoms with Crippen LogP contribution in [0.1, 0.15) is 63.9 Å². The fourth-order valence-electron chi connectivity index (χ4n) is 8.19. The van der Waals surface area contributed by atoms with Crippen LogP contribution in [0.2, 0.25) is 0 Å². The highest BCUT2D eigenvalue weighted by Gasteiger charge is 2.65. The number of Topliss-reactive ketones (excluding diaryl/α,β-unsaturated/α-hetero) is 1. The van der Waals surface area contributed by atoms with Crippen LogP contribution >= 0.6 is 0 Å². The van der Waals surface area contributed by atoms with Crippen molar-refractivity contribution in [1.82, 2.24) is 0 Å². The number of hydrogen-bond donors (Lipinski definition) is 2. The largest absolute Gasteiger partial charge is 0.399 e. The van der Waals surface area contributed by atoms with Crippen molar-refractivity contribution in [2.75, 3.05) is 26.1 Å². The maximum atomic E-state index is 13.7. The summed E-state index contributed by atoms with van der Waals surface area (Å²) in [5.41, 5.74) is 10.9. The van der Waals surface area contributed by atoms with Crippen LogP contribution in [0.15, 0.2) is 47.1 Å². The van der Waals surface area contributed by atoms with Gasteiger partial charge in [-0.25, -0.2) is 0 Å². The van der Waals surface area contributed by atoms with Crippen molar-refractivity contribution in [3.8, 4) is 11.8 Å². The van der Waals surface area contributed by atoms with Gasteiger partial charge in [0.05, 0.1) is 5.41 Å². The van der Waals surface area contributed by atoms with Crippen LogP contribution < -0.4 is 5.73 Å². The predicted molar refractivity (Wildman–Crippen MR) is 140 cm³/mol. The van der Waals surface area contributed by atoms with E-state index in [1.165, 1.54) is 22.3 Å². The van der Waals surface area contributed by atoms with Crippen molar-refractivity contribution in [1.29, 1.82) is 0 Å². The number of benzene rings is 1. The Morgan fingerprint density at radius 2 is 2.00 bits per heavy atom. The van der Waals surface area contributed by atoms with E-state index in [-0.39, 0.29) is 36.1 Å². The summed E-state index contributed by atoms with van der Waals surface area (Å²) in [6.07, 6.45) is 6.64. The summed E-state index contributed by atoms with van der Waals surface area (Å²) in [6.45, 7) is 4.27. The van der Waals surface area contributed by atoms with Gasteiger partial charge in [0.15, 0.2) is 11.6 Å². The Morgan fingerprint density at radius 1 is 1.25 bits per heavy atom. The maximum Gasteiger partial charge on any atom is 0.176 e. The molecule has 1 aromatic rings. The Hall–Kier alpha value is -2.68. The first-order valence-electron chi connectivity index (χ1n) is 13.2. The number of anilines is 1. The first-order chi connectivity index (χ1) is 17.3. The molecule has 4 aliphatic carbocycles. The van der Waals surface area contributed by atoms with Crippen LogP contribution in [-0.4, -0.2) is 37.0 Å². The van der Waals surface area contributed by atoms with Gasteiger partial charge in [-0.2, -0.15) is 0 Å². The Balaban J connectivity index is 1.72. The molecule has 1 aromatic carbocycles. The standard InChI is InChI=1S/C31H37NO4/c1-19-15-25-27-11-13-31(12-4-14-33,28(35)18-36-3)30(27,2)17-26(20-5-7-21(32)8-6-20)29(25)23-10-9-22(34)16-24(19)23/h5-8,16,19,25-27,33H,9-11,13-15,17-18,32H2,1-3H3/t19?,25-,26+,27-,30-,31-/m0/s1. The Labute approximate surface area is 214 Å². The Kier molecular flexibility index (Phi) is 6.47. The molecule has 6 atom stereocenters. The third-order valence-corrected chi connectivity index (χ3v) is 9.76. The number of ether oxygens (including phenoxy) is 1. The van der Waals surface area contributed by atoms with Gasteiger partial charge in [-0.3, -0.25) is 9.59 Å². The molecule has 4 aliphatic rings. The van der Waals surface area contributed by atoms with Crippen molar-refractivity contribution >= 4 is 17.3 Å². The van der Waals surface area contributed by atoms with Crippen molar-refractivity contribution in [2.45, 2.75) is 58.3 Å². The molecule has 2 saturated carbocycles. The van der Waals surface area contributed by atoms with Gasteiger partial charge in [-0.05, 0) is 90.2 Å². The third-order valence-electron chi connectivity index (χ3n) is 9.76. The molecule has 2 fully saturated rings. The molecule has 0 spiro atoms. The average molecular weight is 488 g/mol. The number of carbonyl (C=O) groups excluding carboxylic acids is 2. The molecule has 3 N–H and O–H groups in total. The van der Waals surface area contributed by atoms with E-state index in [0.29, 0.717) is 30.6 Å². The van der Waals surface area contributed by atoms with E-state index in [2.05, 4.69) is 37.8 Å². The van der Waals surface area contributed by atoms with Gasteiger partial charge in [0.1, 0.15) is 13.2 Å². The van der Waals surface area contributed by atoms with E-state index < -0.39 is 5.41 Å². The number of allylic oxidation sites excluding steroid dienone is 4. The lowest BCUT2D eigenvalue weighted by Gasteiger charge is -2.55. The number of aliphatic hydroxyl groups excluding tert-OH is 1. The fraction of sp³-hybridized carbons (Fsp3) is 0.548. The molecule has 0 heterocycles. The highest BCUT2D eigenvalue weighted by molar-refractivity contribution is 5.93. The van der Waals surface area contributed by atoms with E-state index >= 15 is 0 Å². The summed E-state index contributed by atoms with van der Waals surface area (Å²) in [4.78, 5) is 26.1. The molecule has 190 valence electrons. The SMILES string of the molecule is COCC(=O)[C@]1(C#CCO)CC[C@H]2[C@@H]3CC(C)C4=CC(=O)CCC4=C3[C@@H](c3ccc(N)cc3)C[C@@]21C. The lowest BCUT2D eigenvalue weighted by Crippen LogP contribution is -2.52. The van der Waals surface area contributed by atoms with E-state index in [4.69, 9.17) is 10.5 Å². The van der Waals surface area contributed by atoms with Crippen molar-refractivity contribution in [3.05, 3.63) is 52.6 Å². The second-order valence-electron chi connectivity index (χ2n) is 11.5. The Bertz CT molecular complexity index is 1200. The number of methoxy groups -OCH3 is 1. The van der Waals surface area contributed by atoms with Gasteiger partial charge in [-0.15, -0.1) is 0 Å². The minimum absolute atomic E-state index is 0.0239. The second-order valence-corrected chi connectivity index (χ2v) is 11.5. The van der Waals surface area contributed by atoms with Crippen molar-refractivity contribution in [2.24, 2.45) is 28.6 Å². The summed E-state index contributed by atoms with van der Waals surface area (Å²) >= 11 is 0. The second kappa shape index (κ2) is 9.32. The maximum absolute atomic E-state index is 13.7. The normalized spacial score (nSPS) is 35.2. The average Bonchev–Trinajstić information content (AvgIpc) is 3.16. The molecule has 0 aromatic heterocycles. The van der Waals surface area contributed by atoms with Crippen molar-refractivity contribution in [3.63, 3.8) is 0 Å². The van der Waals surface area contributed by atoms with Crippen LogP contribution in [0, 0.1) is 40.4 Å². The minimum atomic E-state index is -0.847. The number of hydrogen-bond acceptors (Lipinski definition) is 5. The number of nitrogen functional groups attached to an aromatic ring is 1. The summed E-state index contributed by atoms with van der Waals surface area (Å²) < 4.78 is 5.33. The third kappa shape index (κ3) is 3.69. The summed E-state index contributed by atoms with van der Waals surface area (Å²) in [5.74, 6) is 7.49. The lowest BCUT2D eigenvalue weighted by molar-refractivity contribution is -0.136. The summed E-state index contributed by atoms with van der Waals surface area (Å²) in [7, 11) is 1.56. The zero-order valence-electron chi connectivity index (χ0n) is 21.6. The number of nitrogens with two attached hydrogens (primary N) is 1. The van der Waals surface area contributed by atoms with Gasteiger partial charge >= 0.3 is 0 Å². The number of aliphatic hydroxyl groups is 1. The quantitative estimate of drug-likeness (QED) is 0.478. The number of carbonyl (C=O) groups is 2. The number of fused-ring (bicyclic) bond motifs is 4. The molecule has 36 heavy (non-hydrogen) atoms. The lowest BCUT2D eigenvalue weighted by atomic mass is 9.47. The molecule has 0 radical (unpaired) electrons. The molecule has 0 amide bonds. The summed E-state index contributed by atoms with van der Waals surface area (Å²) in [5, 5.41) is 9.59. The van der Waals surface area contributed by atoms with Gasteiger partial charge in [0, 0.05) is 25.1 Å². The van der Waals surface area contributed by atoms with Gasteiger partial charge in [0.2, 0.25) is 0 Å². The Morgan fingerprint density at radius 3 is 2.69 bits per heavy atom. The molecule has 0 aliphatic heterocycles. The fourth-order valence-corrected chi connectivity index (χ4v) is 8.19. The topological polar surface area (TPSA) is 89.6 Å². The molecule has 0 bridgehead atoms. The molecule has 5 nitrogen and oxygen atoms in total. The molecular formula is C31H37NO4. The van der Waals surface area contributed by atoms with E-state index in [1.54, 1.807) is 7.11 Å². The van der Waals surface area contributed by atoms with Gasteiger partial charge in [0.25, 0.3) is 0 Å². The minimum Gasteiger partial charge on any atom is -0.399 e. The smallest absolute Gasteiger partial charge is 0.176 e. The first-order valence-corrected chi connectivity index (χ1v) is 13.2. The monoisotopic (exact) mass is 487 g/mol. The highest BCUT2D eigenvalue weighted by atomic mass is 16.5. The van der Waals surface area contributed by atoms with E-state index in [9.17, 15) is 14.7 Å². The number of ketones is 2. The molecule has 5 heteroatoms. The van der Waals surface area contributed by atoms with Crippen LogP contribution in [0.4, 0.5) is 5.69 Å². The van der Waals surface area contributed by atoms with Crippen molar-refractivity contribution < 1.29 is 19.4 Å². The van der Waals surface area contributed by atoms with Crippen LogP contribution in [-0.2, 0) is 14.3 Å².